The largest absolute Gasteiger partial charge is 2.00 e. The van der Waals surface area contributed by atoms with E-state index in [9.17, 15) is 0 Å². The number of halogens is 2. The molecule has 0 spiro atoms. The van der Waals surface area contributed by atoms with Crippen LogP contribution in [0.5, 0.6) is 0 Å². The summed E-state index contributed by atoms with van der Waals surface area (Å²) >= 11 is 4.76. The van der Waals surface area contributed by atoms with Gasteiger partial charge in [0.25, 0.3) is 0 Å². The molecule has 0 amide bonds. The monoisotopic (exact) mass is 764 g/mol. The maximum absolute atomic E-state index is 5.07. The number of fused-ring (bicyclic) bond motifs is 8. The maximum atomic E-state index is 5.07. The van der Waals surface area contributed by atoms with E-state index < -0.39 is 0 Å². The molecule has 0 N–H and O–H groups in total. The fraction of sp³-hybridized carbons (Fsp3) is 0.333. The van der Waals surface area contributed by atoms with E-state index in [1.165, 1.54) is 44.1 Å². The zero-order valence-corrected chi connectivity index (χ0v) is 28.8. The zero-order chi connectivity index (χ0) is 25.1. The van der Waals surface area contributed by atoms with Gasteiger partial charge in [0.15, 0.2) is 0 Å². The second-order valence-corrected chi connectivity index (χ2v) is 11.6. The van der Waals surface area contributed by atoms with E-state index in [0.717, 1.165) is 70.4 Å². The van der Waals surface area contributed by atoms with Gasteiger partial charge in [-0.15, -0.1) is 22.1 Å². The van der Waals surface area contributed by atoms with Gasteiger partial charge in [0, 0.05) is 7.14 Å². The molecular weight excluding hydrogens is 736 g/mol. The smallest absolute Gasteiger partial charge is 0.657 e. The average molecular weight is 766 g/mol. The van der Waals surface area contributed by atoms with Crippen LogP contribution in [0.25, 0.3) is 46.4 Å². The standard InChI is InChI=1S/C30H30I2N4.Zn/c1-3-4-5-6-7-8-9-10-20-23-13-17-27(35-23)29(31)25-15-11-21(33-25)19(2)22-12-16-26(34-22)30(32)28-18-14-24(20)36-28;/h11-18H,3-10H2,1-2H3;/q-2;+2. The first kappa shape index (κ1) is 28.7. The SMILES string of the molecule is CCCCCCCCCc1c2nc(c(I)c3ccc([n-]3)c(C)c3nc(c(I)c4ccc1[n-]4)C=C3)C=C2.[Zn+2]. The summed E-state index contributed by atoms with van der Waals surface area (Å²) in [5.41, 5.74) is 10.1. The van der Waals surface area contributed by atoms with Gasteiger partial charge in [0.05, 0.1) is 22.8 Å². The second kappa shape index (κ2) is 13.2. The zero-order valence-electron chi connectivity index (χ0n) is 21.5. The summed E-state index contributed by atoms with van der Waals surface area (Å²) in [7, 11) is 0. The predicted molar refractivity (Wildman–Crippen MR) is 169 cm³/mol. The van der Waals surface area contributed by atoms with Gasteiger partial charge in [0.1, 0.15) is 0 Å². The summed E-state index contributed by atoms with van der Waals surface area (Å²) in [4.78, 5) is 20.0. The van der Waals surface area contributed by atoms with E-state index in [1.807, 2.05) is 0 Å². The Morgan fingerprint density at radius 2 is 1.11 bits per heavy atom. The van der Waals surface area contributed by atoms with E-state index in [2.05, 4.69) is 108 Å². The molecule has 0 radical (unpaired) electrons. The second-order valence-electron chi connectivity index (χ2n) is 9.47. The molecule has 5 rings (SSSR count). The van der Waals surface area contributed by atoms with Crippen LogP contribution in [0.2, 0.25) is 0 Å². The first-order chi connectivity index (χ1) is 17.5. The van der Waals surface area contributed by atoms with Crippen LogP contribution < -0.4 is 9.97 Å². The number of rotatable bonds is 8. The summed E-state index contributed by atoms with van der Waals surface area (Å²) in [6.45, 7) is 4.36. The Labute approximate surface area is 259 Å². The van der Waals surface area contributed by atoms with Crippen LogP contribution in [0.1, 0.15) is 85.8 Å². The average Bonchev–Trinajstić information content (AvgIpc) is 3.69. The van der Waals surface area contributed by atoms with E-state index >= 15 is 0 Å². The predicted octanol–water partition coefficient (Wildman–Crippen LogP) is 8.72. The normalized spacial score (nSPS) is 12.2. The van der Waals surface area contributed by atoms with Crippen molar-refractivity contribution in [3.8, 4) is 0 Å². The van der Waals surface area contributed by atoms with Crippen molar-refractivity contribution >= 4 is 91.6 Å². The van der Waals surface area contributed by atoms with Gasteiger partial charge in [-0.2, -0.15) is 0 Å². The van der Waals surface area contributed by atoms with Gasteiger partial charge in [-0.3, -0.25) is 0 Å². The van der Waals surface area contributed by atoms with Crippen molar-refractivity contribution in [3.63, 3.8) is 0 Å². The Morgan fingerprint density at radius 1 is 0.622 bits per heavy atom. The summed E-state index contributed by atoms with van der Waals surface area (Å²) in [6, 6.07) is 8.43. The van der Waals surface area contributed by atoms with Crippen molar-refractivity contribution in [1.29, 1.82) is 0 Å². The summed E-state index contributed by atoms with van der Waals surface area (Å²) in [6.07, 6.45) is 18.5. The Morgan fingerprint density at radius 3 is 1.78 bits per heavy atom. The number of unbranched alkanes of at least 4 members (excludes halogenated alkanes) is 6. The van der Waals surface area contributed by atoms with Crippen molar-refractivity contribution in [2.24, 2.45) is 0 Å². The third-order valence-corrected chi connectivity index (χ3v) is 9.09. The molecule has 0 unspecified atom stereocenters. The van der Waals surface area contributed by atoms with Crippen molar-refractivity contribution in [2.45, 2.75) is 65.2 Å². The fourth-order valence-electron chi connectivity index (χ4n) is 4.73. The van der Waals surface area contributed by atoms with Crippen molar-refractivity contribution < 1.29 is 19.5 Å². The van der Waals surface area contributed by atoms with Gasteiger partial charge in [-0.05, 0) is 100 Å². The third-order valence-electron chi connectivity index (χ3n) is 6.88. The molecule has 0 aliphatic carbocycles. The molecule has 0 fully saturated rings. The number of aryl methyl sites for hydroxylation is 2. The summed E-state index contributed by atoms with van der Waals surface area (Å²) in [5, 5.41) is 0. The molecule has 186 valence electrons. The van der Waals surface area contributed by atoms with Crippen LogP contribution in [0.15, 0.2) is 24.3 Å². The molecule has 0 saturated heterocycles. The fourth-order valence-corrected chi connectivity index (χ4v) is 5.93. The molecule has 7 heteroatoms. The minimum Gasteiger partial charge on any atom is -0.657 e. The molecule has 3 aromatic heterocycles. The van der Waals surface area contributed by atoms with Crippen molar-refractivity contribution in [1.82, 2.24) is 19.9 Å². The molecule has 5 heterocycles. The molecule has 8 bridgehead atoms. The molecule has 0 atom stereocenters. The molecule has 2 aliphatic rings. The number of nitrogens with zero attached hydrogens (tertiary/aromatic N) is 4. The number of aromatic nitrogens is 4. The van der Waals surface area contributed by atoms with Gasteiger partial charge in [-0.25, -0.2) is 9.97 Å². The maximum Gasteiger partial charge on any atom is 2.00 e. The summed E-state index contributed by atoms with van der Waals surface area (Å²) in [5.74, 6) is 0. The topological polar surface area (TPSA) is 54.0 Å². The quantitative estimate of drug-likeness (QED) is 0.0902. The molecular formula is C30H30I2N4Zn. The van der Waals surface area contributed by atoms with Gasteiger partial charge in [0.2, 0.25) is 0 Å². The minimum atomic E-state index is 0. The van der Waals surface area contributed by atoms with E-state index in [0.29, 0.717) is 0 Å². The van der Waals surface area contributed by atoms with Gasteiger partial charge >= 0.3 is 19.5 Å². The van der Waals surface area contributed by atoms with Gasteiger partial charge in [-0.1, -0.05) is 69.7 Å². The van der Waals surface area contributed by atoms with Crippen LogP contribution in [-0.4, -0.2) is 9.97 Å². The number of hydrogen-bond acceptors (Lipinski definition) is 2. The Bertz CT molecular complexity index is 1500. The molecule has 0 aromatic carbocycles. The first-order valence-corrected chi connectivity index (χ1v) is 15.0. The molecule has 2 aliphatic heterocycles. The molecule has 0 saturated carbocycles. The van der Waals surface area contributed by atoms with Crippen LogP contribution >= 0.6 is 45.2 Å². The molecule has 3 aromatic rings. The van der Waals surface area contributed by atoms with Crippen LogP contribution in [0.3, 0.4) is 0 Å². The van der Waals surface area contributed by atoms with Gasteiger partial charge < -0.3 is 9.97 Å². The summed E-state index contributed by atoms with van der Waals surface area (Å²) < 4.78 is 2.13. The Kier molecular flexibility index (Phi) is 10.2. The Hall–Kier alpha value is -1.32. The molecule has 37 heavy (non-hydrogen) atoms. The minimum absolute atomic E-state index is 0. The van der Waals surface area contributed by atoms with Crippen LogP contribution in [-0.2, 0) is 25.9 Å². The van der Waals surface area contributed by atoms with Crippen LogP contribution in [0.4, 0.5) is 0 Å². The molecule has 4 nitrogen and oxygen atoms in total. The van der Waals surface area contributed by atoms with Crippen LogP contribution in [0, 0.1) is 14.1 Å². The van der Waals surface area contributed by atoms with E-state index in [4.69, 9.17) is 19.9 Å². The Balaban J connectivity index is 0.00000320. The number of hydrogen-bond donors (Lipinski definition) is 0. The third kappa shape index (κ3) is 6.47. The van der Waals surface area contributed by atoms with Crippen molar-refractivity contribution in [3.05, 3.63) is 65.3 Å². The van der Waals surface area contributed by atoms with Crippen molar-refractivity contribution in [2.75, 3.05) is 0 Å². The first-order valence-electron chi connectivity index (χ1n) is 12.9. The van der Waals surface area contributed by atoms with E-state index in [1.54, 1.807) is 0 Å². The van der Waals surface area contributed by atoms with E-state index in [-0.39, 0.29) is 19.5 Å².